The van der Waals surface area contributed by atoms with Crippen molar-refractivity contribution in [1.29, 1.82) is 0 Å². The molecular formula is C42H29N3O2. The van der Waals surface area contributed by atoms with Crippen LogP contribution < -0.4 is 9.47 Å². The van der Waals surface area contributed by atoms with Crippen molar-refractivity contribution in [2.45, 2.75) is 19.3 Å². The highest BCUT2D eigenvalue weighted by atomic mass is 16.6. The Morgan fingerprint density at radius 2 is 0.872 bits per heavy atom. The third-order valence-electron chi connectivity index (χ3n) is 9.21. The molecule has 7 aromatic rings. The Labute approximate surface area is 273 Å². The first-order valence-corrected chi connectivity index (χ1v) is 15.8. The fourth-order valence-corrected chi connectivity index (χ4v) is 6.71. The number of nitrogens with zero attached hydrogens (tertiary/aromatic N) is 3. The van der Waals surface area contributed by atoms with Crippen molar-refractivity contribution in [2.75, 3.05) is 0 Å². The van der Waals surface area contributed by atoms with Crippen LogP contribution in [0, 0.1) is 0 Å². The summed E-state index contributed by atoms with van der Waals surface area (Å²) in [5.74, 6) is 4.46. The second-order valence-electron chi connectivity index (χ2n) is 12.5. The van der Waals surface area contributed by atoms with E-state index in [0.717, 1.165) is 27.8 Å². The molecule has 0 saturated carbocycles. The van der Waals surface area contributed by atoms with Gasteiger partial charge in [-0.2, -0.15) is 0 Å². The molecule has 0 radical (unpaired) electrons. The predicted molar refractivity (Wildman–Crippen MR) is 186 cm³/mol. The van der Waals surface area contributed by atoms with Crippen molar-refractivity contribution >= 4 is 0 Å². The molecule has 1 aromatic heterocycles. The Kier molecular flexibility index (Phi) is 6.09. The molecule has 224 valence electrons. The van der Waals surface area contributed by atoms with E-state index in [9.17, 15) is 0 Å². The van der Waals surface area contributed by atoms with Crippen LogP contribution in [-0.4, -0.2) is 15.0 Å². The average Bonchev–Trinajstić information content (AvgIpc) is 3.35. The van der Waals surface area contributed by atoms with E-state index in [0.29, 0.717) is 40.5 Å². The van der Waals surface area contributed by atoms with E-state index in [4.69, 9.17) is 24.4 Å². The molecule has 0 bridgehead atoms. The summed E-state index contributed by atoms with van der Waals surface area (Å²) >= 11 is 0. The molecule has 0 spiro atoms. The third-order valence-corrected chi connectivity index (χ3v) is 9.21. The van der Waals surface area contributed by atoms with Crippen molar-refractivity contribution < 1.29 is 9.47 Å². The molecule has 0 atom stereocenters. The van der Waals surface area contributed by atoms with E-state index in [1.165, 1.54) is 22.3 Å². The Hall–Kier alpha value is -6.07. The highest BCUT2D eigenvalue weighted by Crippen LogP contribution is 2.55. The zero-order chi connectivity index (χ0) is 31.5. The summed E-state index contributed by atoms with van der Waals surface area (Å²) in [5, 5.41) is 0. The molecule has 5 nitrogen and oxygen atoms in total. The van der Waals surface area contributed by atoms with Crippen molar-refractivity contribution in [3.05, 3.63) is 151 Å². The van der Waals surface area contributed by atoms with Crippen LogP contribution in [-0.2, 0) is 5.41 Å². The second kappa shape index (κ2) is 10.5. The van der Waals surface area contributed by atoms with Crippen molar-refractivity contribution in [3.63, 3.8) is 0 Å². The summed E-state index contributed by atoms with van der Waals surface area (Å²) in [6, 6.07) is 47.4. The molecule has 0 unspecified atom stereocenters. The van der Waals surface area contributed by atoms with E-state index >= 15 is 0 Å². The van der Waals surface area contributed by atoms with Gasteiger partial charge in [-0.25, -0.2) is 15.0 Å². The highest BCUT2D eigenvalue weighted by molar-refractivity contribution is 5.83. The van der Waals surface area contributed by atoms with E-state index < -0.39 is 0 Å². The van der Waals surface area contributed by atoms with Crippen LogP contribution in [0.5, 0.6) is 23.0 Å². The second-order valence-corrected chi connectivity index (χ2v) is 12.5. The summed E-state index contributed by atoms with van der Waals surface area (Å²) in [6.45, 7) is 4.52. The zero-order valence-corrected chi connectivity index (χ0v) is 25.9. The van der Waals surface area contributed by atoms with Gasteiger partial charge in [0.1, 0.15) is 0 Å². The van der Waals surface area contributed by atoms with Crippen LogP contribution in [0.15, 0.2) is 140 Å². The molecule has 0 saturated heterocycles. The van der Waals surface area contributed by atoms with Gasteiger partial charge in [0.25, 0.3) is 0 Å². The number of fused-ring (bicyclic) bond motifs is 5. The first kappa shape index (κ1) is 27.3. The Morgan fingerprint density at radius 3 is 1.60 bits per heavy atom. The van der Waals surface area contributed by atoms with Crippen LogP contribution in [0.2, 0.25) is 0 Å². The van der Waals surface area contributed by atoms with Gasteiger partial charge in [0.15, 0.2) is 40.5 Å². The summed E-state index contributed by atoms with van der Waals surface area (Å²) in [6.07, 6.45) is 0. The Morgan fingerprint density at radius 1 is 0.383 bits per heavy atom. The molecule has 0 amide bonds. The van der Waals surface area contributed by atoms with Gasteiger partial charge in [0.2, 0.25) is 0 Å². The van der Waals surface area contributed by atoms with E-state index in [2.05, 4.69) is 86.6 Å². The van der Waals surface area contributed by atoms with Crippen LogP contribution >= 0.6 is 0 Å². The molecule has 1 aliphatic heterocycles. The van der Waals surface area contributed by atoms with Gasteiger partial charge in [-0.15, -0.1) is 0 Å². The number of aromatic nitrogens is 3. The minimum atomic E-state index is -0.138. The molecule has 9 rings (SSSR count). The smallest absolute Gasteiger partial charge is 0.170 e. The summed E-state index contributed by atoms with van der Waals surface area (Å²) in [5.41, 5.74) is 9.78. The maximum atomic E-state index is 6.55. The molecule has 2 aliphatic rings. The van der Waals surface area contributed by atoms with Gasteiger partial charge in [0, 0.05) is 22.1 Å². The van der Waals surface area contributed by atoms with Gasteiger partial charge in [-0.1, -0.05) is 123 Å². The lowest BCUT2D eigenvalue weighted by Crippen LogP contribution is -2.15. The lowest BCUT2D eigenvalue weighted by atomic mass is 9.82. The number of ether oxygens (including phenoxy) is 2. The maximum absolute atomic E-state index is 6.55. The average molecular weight is 608 g/mol. The summed E-state index contributed by atoms with van der Waals surface area (Å²) in [7, 11) is 0. The van der Waals surface area contributed by atoms with Gasteiger partial charge < -0.3 is 9.47 Å². The lowest BCUT2D eigenvalue weighted by molar-refractivity contribution is 0.359. The van der Waals surface area contributed by atoms with Crippen LogP contribution in [0.25, 0.3) is 56.4 Å². The lowest BCUT2D eigenvalue weighted by Gasteiger charge is -2.25. The SMILES string of the molecule is CC1(C)c2ccccc2-c2cc3c(cc21)Oc1cc(-c2nc(-c4ccccc4)nc(-c4ccc(-c5ccccc5)cc4)n2)ccc1O3. The van der Waals surface area contributed by atoms with Gasteiger partial charge in [-0.05, 0) is 63.7 Å². The molecular weight excluding hydrogens is 578 g/mol. The van der Waals surface area contributed by atoms with Crippen molar-refractivity contribution in [2.24, 2.45) is 0 Å². The Bertz CT molecular complexity index is 2310. The van der Waals surface area contributed by atoms with Gasteiger partial charge in [-0.3, -0.25) is 0 Å². The molecule has 5 heteroatoms. The summed E-state index contributed by atoms with van der Waals surface area (Å²) < 4.78 is 13.0. The zero-order valence-electron chi connectivity index (χ0n) is 25.9. The number of hydrogen-bond donors (Lipinski definition) is 0. The highest BCUT2D eigenvalue weighted by Gasteiger charge is 2.37. The minimum Gasteiger partial charge on any atom is -0.449 e. The molecule has 1 aliphatic carbocycles. The minimum absolute atomic E-state index is 0.138. The van der Waals surface area contributed by atoms with Gasteiger partial charge >= 0.3 is 0 Å². The number of benzene rings is 6. The van der Waals surface area contributed by atoms with Crippen LogP contribution in [0.4, 0.5) is 0 Å². The first-order chi connectivity index (χ1) is 23.0. The Balaban J connectivity index is 1.10. The van der Waals surface area contributed by atoms with E-state index in [1.54, 1.807) is 0 Å². The topological polar surface area (TPSA) is 57.1 Å². The van der Waals surface area contributed by atoms with E-state index in [-0.39, 0.29) is 5.41 Å². The maximum Gasteiger partial charge on any atom is 0.170 e. The van der Waals surface area contributed by atoms with Crippen LogP contribution in [0.3, 0.4) is 0 Å². The van der Waals surface area contributed by atoms with Crippen molar-refractivity contribution in [1.82, 2.24) is 15.0 Å². The monoisotopic (exact) mass is 607 g/mol. The molecule has 6 aromatic carbocycles. The van der Waals surface area contributed by atoms with Gasteiger partial charge in [0.05, 0.1) is 0 Å². The largest absolute Gasteiger partial charge is 0.449 e. The molecule has 0 N–H and O–H groups in total. The quantitative estimate of drug-likeness (QED) is 0.199. The van der Waals surface area contributed by atoms with Crippen LogP contribution in [0.1, 0.15) is 25.0 Å². The fourth-order valence-electron chi connectivity index (χ4n) is 6.71. The van der Waals surface area contributed by atoms with E-state index in [1.807, 2.05) is 66.7 Å². The summed E-state index contributed by atoms with van der Waals surface area (Å²) in [4.78, 5) is 14.8. The molecule has 0 fully saturated rings. The normalized spacial score (nSPS) is 13.4. The first-order valence-electron chi connectivity index (χ1n) is 15.8. The predicted octanol–water partition coefficient (Wildman–Crippen LogP) is 10.7. The molecule has 47 heavy (non-hydrogen) atoms. The number of rotatable bonds is 4. The number of hydrogen-bond acceptors (Lipinski definition) is 5. The third kappa shape index (κ3) is 4.59. The molecule has 2 heterocycles. The van der Waals surface area contributed by atoms with Crippen molar-refractivity contribution in [3.8, 4) is 79.4 Å². The standard InChI is InChI=1S/C42H29N3O2/c1-42(2)33-16-10-9-15-31(33)32-24-37-38(25-34(32)42)47-36-23-30(21-22-35(36)46-37)41-44-39(28-13-7-4-8-14-28)43-40(45-41)29-19-17-27(18-20-29)26-11-5-3-6-12-26/h3-25H,1-2H3. The fraction of sp³-hybridized carbons (Fsp3) is 0.0714.